The van der Waals surface area contributed by atoms with Crippen LogP contribution in [0.4, 0.5) is 13.2 Å². The normalized spacial score (nSPS) is 20.2. The third kappa shape index (κ3) is 10.2. The van der Waals surface area contributed by atoms with Crippen LogP contribution >= 0.6 is 10.6 Å². The molecule has 3 rings (SSSR count). The van der Waals surface area contributed by atoms with E-state index in [1.54, 1.807) is 12.1 Å². The van der Waals surface area contributed by atoms with Crippen molar-refractivity contribution < 1.29 is 56.0 Å². The summed E-state index contributed by atoms with van der Waals surface area (Å²) in [5.74, 6) is -6.17. The van der Waals surface area contributed by atoms with Crippen molar-refractivity contribution in [2.24, 2.45) is 0 Å². The molecule has 5 N–H and O–H groups in total. The number of carboxylic acid groups (broad SMARTS) is 1. The minimum Gasteiger partial charge on any atom is -0.496 e. The molecule has 0 saturated heterocycles. The maximum atomic E-state index is 12.9. The number of carbonyl (C=O) groups is 4. The number of ether oxygens (including phenoxy) is 2. The van der Waals surface area contributed by atoms with Gasteiger partial charge in [0.1, 0.15) is 5.75 Å². The number of alkyl halides is 3. The number of aryl methyl sites for hydroxylation is 1. The Hall–Kier alpha value is -3.66. The van der Waals surface area contributed by atoms with Gasteiger partial charge >= 0.3 is 24.1 Å². The zero-order valence-corrected chi connectivity index (χ0v) is 27.2. The topological polar surface area (TPSA) is 171 Å². The van der Waals surface area contributed by atoms with Crippen molar-refractivity contribution in [2.75, 3.05) is 12.9 Å². The van der Waals surface area contributed by atoms with E-state index in [0.717, 1.165) is 18.4 Å². The van der Waals surface area contributed by atoms with Crippen LogP contribution in [0.1, 0.15) is 81.5 Å². The molecule has 1 amide bonds. The van der Waals surface area contributed by atoms with Crippen molar-refractivity contribution in [1.82, 2.24) is 10.6 Å². The molecule has 2 aromatic carbocycles. The van der Waals surface area contributed by atoms with Crippen LogP contribution in [-0.2, 0) is 30.3 Å². The fourth-order valence-electron chi connectivity index (χ4n) is 5.69. The molecule has 1 unspecified atom stereocenters. The van der Waals surface area contributed by atoms with Crippen LogP contribution < -0.4 is 15.4 Å². The number of halogens is 3. The minimum absolute atomic E-state index is 0.00715. The van der Waals surface area contributed by atoms with Crippen LogP contribution in [0.25, 0.3) is 0 Å². The lowest BCUT2D eigenvalue weighted by atomic mass is 9.87. The first-order valence-corrected chi connectivity index (χ1v) is 16.9. The molecule has 260 valence electrons. The number of fused-ring (bicyclic) bond motifs is 1. The monoisotopic (exact) mass is 686 g/mol. The van der Waals surface area contributed by atoms with E-state index in [4.69, 9.17) is 4.74 Å². The molecule has 47 heavy (non-hydrogen) atoms. The summed E-state index contributed by atoms with van der Waals surface area (Å²) in [4.78, 5) is 47.3. The fourth-order valence-corrected chi connectivity index (χ4v) is 7.93. The van der Waals surface area contributed by atoms with Crippen molar-refractivity contribution in [3.05, 3.63) is 59.2 Å². The maximum Gasteiger partial charge on any atom is 0.491 e. The number of nitrogens with one attached hydrogen (secondary N) is 2. The largest absolute Gasteiger partial charge is 0.496 e. The number of aliphatic carboxylic acids is 1. The molecule has 0 bridgehead atoms. The third-order valence-corrected chi connectivity index (χ3v) is 10.1. The molecular weight excluding hydrogens is 645 g/mol. The number of benzene rings is 2. The second-order valence-corrected chi connectivity index (χ2v) is 13.6. The van der Waals surface area contributed by atoms with E-state index in [1.807, 2.05) is 37.3 Å². The highest BCUT2D eigenvalue weighted by atomic mass is 32.3. The molecule has 3 atom stereocenters. The predicted octanol–water partition coefficient (Wildman–Crippen LogP) is 5.75. The number of amides is 1. The summed E-state index contributed by atoms with van der Waals surface area (Å²) >= 11 is 0. The first-order chi connectivity index (χ1) is 22.0. The van der Waals surface area contributed by atoms with E-state index >= 15 is 0 Å². The SMILES string of the molecule is CCCC[C@]1(CC)CS(O)(O)c2cc(CCC(=O)NC(CC(=O)O)CC(=O)OC(=O)C(F)(F)F)c(OC)cc2[C@@H](c2ccccc2)N1. The molecule has 0 fully saturated rings. The molecule has 1 aliphatic rings. The van der Waals surface area contributed by atoms with Gasteiger partial charge in [-0.25, -0.2) is 4.79 Å². The summed E-state index contributed by atoms with van der Waals surface area (Å²) in [6.07, 6.45) is -4.39. The van der Waals surface area contributed by atoms with Gasteiger partial charge in [-0.05, 0) is 42.5 Å². The molecule has 2 aromatic rings. The smallest absolute Gasteiger partial charge is 0.491 e. The van der Waals surface area contributed by atoms with E-state index in [-0.39, 0.29) is 18.6 Å². The molecule has 1 aliphatic heterocycles. The highest BCUT2D eigenvalue weighted by Crippen LogP contribution is 2.58. The first kappa shape index (κ1) is 37.8. The number of methoxy groups -OCH3 is 1. The second kappa shape index (κ2) is 16.0. The summed E-state index contributed by atoms with van der Waals surface area (Å²) in [7, 11) is -1.94. The molecule has 0 aromatic heterocycles. The van der Waals surface area contributed by atoms with Gasteiger partial charge in [0.25, 0.3) is 0 Å². The van der Waals surface area contributed by atoms with Crippen molar-refractivity contribution in [1.29, 1.82) is 0 Å². The van der Waals surface area contributed by atoms with Crippen LogP contribution in [0.15, 0.2) is 47.4 Å². The Morgan fingerprint density at radius 1 is 1.11 bits per heavy atom. The maximum absolute atomic E-state index is 12.9. The molecule has 0 spiro atoms. The number of carbonyl (C=O) groups excluding carboxylic acids is 3. The number of rotatable bonds is 14. The third-order valence-electron chi connectivity index (χ3n) is 8.08. The summed E-state index contributed by atoms with van der Waals surface area (Å²) in [6.45, 7) is 4.07. The van der Waals surface area contributed by atoms with Gasteiger partial charge in [-0.1, -0.05) is 57.0 Å². The van der Waals surface area contributed by atoms with Gasteiger partial charge in [0.2, 0.25) is 5.91 Å². The highest BCUT2D eigenvalue weighted by molar-refractivity contribution is 8.24. The van der Waals surface area contributed by atoms with Gasteiger partial charge in [0.15, 0.2) is 0 Å². The lowest BCUT2D eigenvalue weighted by molar-refractivity contribution is -0.202. The van der Waals surface area contributed by atoms with Gasteiger partial charge < -0.3 is 19.9 Å². The number of hydrogen-bond acceptors (Lipinski definition) is 9. The van der Waals surface area contributed by atoms with Gasteiger partial charge in [-0.15, -0.1) is 0 Å². The summed E-state index contributed by atoms with van der Waals surface area (Å²) in [5.41, 5.74) is 1.39. The second-order valence-electron chi connectivity index (χ2n) is 11.6. The fraction of sp³-hybridized carbons (Fsp3) is 0.500. The van der Waals surface area contributed by atoms with E-state index in [2.05, 4.69) is 22.3 Å². The Balaban J connectivity index is 1.90. The Kier molecular flexibility index (Phi) is 12.8. The quantitative estimate of drug-likeness (QED) is 0.122. The highest BCUT2D eigenvalue weighted by Gasteiger charge is 2.43. The Labute approximate surface area is 272 Å². The van der Waals surface area contributed by atoms with Gasteiger partial charge in [-0.2, -0.15) is 23.8 Å². The van der Waals surface area contributed by atoms with Gasteiger partial charge in [-0.3, -0.25) is 28.8 Å². The zero-order chi connectivity index (χ0) is 35.0. The van der Waals surface area contributed by atoms with Crippen LogP contribution in [0.5, 0.6) is 5.75 Å². The molecule has 0 saturated carbocycles. The number of carboxylic acids is 1. The number of esters is 2. The summed E-state index contributed by atoms with van der Waals surface area (Å²) in [6, 6.07) is 11.0. The molecule has 0 radical (unpaired) electrons. The Bertz CT molecular complexity index is 1440. The van der Waals surface area contributed by atoms with Crippen LogP contribution in [-0.4, -0.2) is 68.6 Å². The summed E-state index contributed by atoms with van der Waals surface area (Å²) < 4.78 is 70.1. The molecule has 11 nitrogen and oxygen atoms in total. The average Bonchev–Trinajstić information content (AvgIpc) is 3.09. The van der Waals surface area contributed by atoms with Crippen molar-refractivity contribution in [3.8, 4) is 5.75 Å². The molecule has 0 aliphatic carbocycles. The Morgan fingerprint density at radius 3 is 2.36 bits per heavy atom. The summed E-state index contributed by atoms with van der Waals surface area (Å²) in [5, 5.41) is 15.2. The van der Waals surface area contributed by atoms with E-state index in [0.29, 0.717) is 34.6 Å². The van der Waals surface area contributed by atoms with Crippen molar-refractivity contribution in [3.63, 3.8) is 0 Å². The minimum atomic E-state index is -5.43. The lowest BCUT2D eigenvalue weighted by Crippen LogP contribution is -2.49. The molecule has 15 heteroatoms. The van der Waals surface area contributed by atoms with Crippen molar-refractivity contribution >= 4 is 34.4 Å². The van der Waals surface area contributed by atoms with E-state index in [1.165, 1.54) is 7.11 Å². The first-order valence-electron chi connectivity index (χ1n) is 15.2. The van der Waals surface area contributed by atoms with Crippen molar-refractivity contribution in [2.45, 2.75) is 93.9 Å². The van der Waals surface area contributed by atoms with Gasteiger partial charge in [0.05, 0.1) is 36.6 Å². The Morgan fingerprint density at radius 2 is 1.79 bits per heavy atom. The zero-order valence-electron chi connectivity index (χ0n) is 26.4. The van der Waals surface area contributed by atoms with Gasteiger partial charge in [0, 0.05) is 23.6 Å². The van der Waals surface area contributed by atoms with Crippen LogP contribution in [0.2, 0.25) is 0 Å². The number of hydrogen-bond donors (Lipinski definition) is 5. The van der Waals surface area contributed by atoms with E-state index < -0.39 is 71.0 Å². The molecular formula is C32H41F3N2O9S. The average molecular weight is 687 g/mol. The van der Waals surface area contributed by atoms with E-state index in [9.17, 15) is 46.6 Å². The number of unbranched alkanes of at least 4 members (excludes halogenated alkanes) is 1. The molecule has 1 heterocycles. The van der Waals surface area contributed by atoms with Crippen LogP contribution in [0, 0.1) is 0 Å². The van der Waals surface area contributed by atoms with Crippen LogP contribution in [0.3, 0.4) is 0 Å². The standard InChI is InChI=1S/C32H41F3N2O9S/c1-4-6-14-31(5-2)19-47(43,44)25-15-21(24(45-3)18-23(25)29(37-31)20-10-8-7-9-11-20)12-13-26(38)36-22(16-27(39)40)17-28(41)46-30(42)32(33,34)35/h7-11,15,18,22,29,37,43-44H,4-6,12-14,16-17,19H2,1-3H3,(H,36,38)(H,39,40)/t22?,29-,31-/m1/s1. The lowest BCUT2D eigenvalue weighted by Gasteiger charge is -2.42. The predicted molar refractivity (Wildman–Crippen MR) is 167 cm³/mol.